The molecule has 29 heavy (non-hydrogen) atoms. The summed E-state index contributed by atoms with van der Waals surface area (Å²) >= 11 is 6.19. The van der Waals surface area contributed by atoms with E-state index in [-0.39, 0.29) is 12.5 Å². The largest absolute Gasteiger partial charge is 0.456 e. The minimum Gasteiger partial charge on any atom is -0.456 e. The number of carbonyl (C=O) groups excluding carboxylic acids is 2. The van der Waals surface area contributed by atoms with Crippen molar-refractivity contribution in [1.82, 2.24) is 19.4 Å². The van der Waals surface area contributed by atoms with E-state index in [4.69, 9.17) is 21.3 Å². The van der Waals surface area contributed by atoms with Gasteiger partial charge in [-0.3, -0.25) is 9.59 Å². The zero-order valence-electron chi connectivity index (χ0n) is 15.9. The normalized spacial score (nSPS) is 14.3. The second kappa shape index (κ2) is 8.08. The number of rotatable bonds is 4. The highest BCUT2D eigenvalue weighted by Gasteiger charge is 2.23. The average molecular weight is 414 g/mol. The molecule has 1 aliphatic rings. The monoisotopic (exact) mass is 413 g/mol. The molecule has 1 amide bonds. The molecule has 0 unspecified atom stereocenters. The van der Waals surface area contributed by atoms with E-state index in [2.05, 4.69) is 9.88 Å². The lowest BCUT2D eigenvalue weighted by atomic mass is 10.1. The maximum atomic E-state index is 12.2. The number of imidazole rings is 1. The molecule has 1 aromatic carbocycles. The van der Waals surface area contributed by atoms with Crippen LogP contribution < -0.4 is 4.90 Å². The van der Waals surface area contributed by atoms with Gasteiger partial charge < -0.3 is 19.1 Å². The van der Waals surface area contributed by atoms with Gasteiger partial charge in [0.1, 0.15) is 5.82 Å². The lowest BCUT2D eigenvalue weighted by Crippen LogP contribution is -2.50. The van der Waals surface area contributed by atoms with Crippen molar-refractivity contribution in [3.63, 3.8) is 0 Å². The van der Waals surface area contributed by atoms with Crippen molar-refractivity contribution in [1.29, 1.82) is 0 Å². The van der Waals surface area contributed by atoms with E-state index < -0.39 is 5.97 Å². The fourth-order valence-corrected chi connectivity index (χ4v) is 3.55. The van der Waals surface area contributed by atoms with Crippen molar-refractivity contribution in [3.05, 3.63) is 48.0 Å². The maximum absolute atomic E-state index is 12.2. The van der Waals surface area contributed by atoms with E-state index in [0.29, 0.717) is 31.2 Å². The minimum absolute atomic E-state index is 0.183. The number of hydrogen-bond acceptors (Lipinski definition) is 6. The third-order valence-electron chi connectivity index (χ3n) is 4.87. The van der Waals surface area contributed by atoms with Crippen LogP contribution in [0.3, 0.4) is 0 Å². The first-order valence-corrected chi connectivity index (χ1v) is 9.64. The van der Waals surface area contributed by atoms with Crippen molar-refractivity contribution in [2.24, 2.45) is 0 Å². The molecule has 0 atom stereocenters. The van der Waals surface area contributed by atoms with Gasteiger partial charge in [-0.25, -0.2) is 9.97 Å². The number of piperazine rings is 1. The summed E-state index contributed by atoms with van der Waals surface area (Å²) in [5.74, 6) is 0.177. The van der Waals surface area contributed by atoms with Crippen LogP contribution in [-0.4, -0.2) is 64.1 Å². The summed E-state index contributed by atoms with van der Waals surface area (Å²) < 4.78 is 6.75. The van der Waals surface area contributed by atoms with Crippen molar-refractivity contribution >= 4 is 40.2 Å². The van der Waals surface area contributed by atoms with Crippen LogP contribution in [0.1, 0.15) is 6.92 Å². The zero-order valence-corrected chi connectivity index (χ0v) is 16.7. The first-order valence-electron chi connectivity index (χ1n) is 9.26. The van der Waals surface area contributed by atoms with Crippen molar-refractivity contribution in [3.8, 4) is 5.69 Å². The molecule has 0 radical (unpaired) electrons. The Morgan fingerprint density at radius 2 is 1.97 bits per heavy atom. The minimum atomic E-state index is -0.456. The van der Waals surface area contributed by atoms with Crippen molar-refractivity contribution in [2.45, 2.75) is 6.92 Å². The summed E-state index contributed by atoms with van der Waals surface area (Å²) in [7, 11) is 0. The van der Waals surface area contributed by atoms with E-state index in [1.54, 1.807) is 17.4 Å². The van der Waals surface area contributed by atoms with Crippen LogP contribution >= 0.6 is 11.6 Å². The number of nitrogens with zero attached hydrogens (tertiary/aromatic N) is 5. The van der Waals surface area contributed by atoms with Crippen LogP contribution in [0.15, 0.2) is 43.0 Å². The van der Waals surface area contributed by atoms with Gasteiger partial charge in [0.25, 0.3) is 5.91 Å². The van der Waals surface area contributed by atoms with Crippen LogP contribution in [0.5, 0.6) is 0 Å². The van der Waals surface area contributed by atoms with Gasteiger partial charge in [0.15, 0.2) is 6.61 Å². The topological polar surface area (TPSA) is 80.6 Å². The Balaban J connectivity index is 1.57. The second-order valence-electron chi connectivity index (χ2n) is 6.78. The lowest BCUT2D eigenvalue weighted by Gasteiger charge is -2.35. The summed E-state index contributed by atoms with van der Waals surface area (Å²) in [6.45, 7) is 3.42. The standard InChI is InChI=1S/C20H20ClN5O3/c1-14(27)29-12-20(28)25-8-6-24(7-9-25)19-11-18(26-5-4-22-13-26)16-3-2-15(21)10-17(16)23-19/h2-5,10-11,13H,6-9,12H2,1H3. The van der Waals surface area contributed by atoms with Gasteiger partial charge in [-0.1, -0.05) is 11.6 Å². The molecule has 0 aliphatic carbocycles. The predicted octanol–water partition coefficient (Wildman–Crippen LogP) is 2.29. The highest BCUT2D eigenvalue weighted by atomic mass is 35.5. The molecule has 3 aromatic rings. The fourth-order valence-electron chi connectivity index (χ4n) is 3.39. The Hall–Kier alpha value is -3.13. The van der Waals surface area contributed by atoms with Gasteiger partial charge >= 0.3 is 5.97 Å². The molecule has 0 saturated carbocycles. The average Bonchev–Trinajstić information content (AvgIpc) is 3.25. The molecule has 2 aromatic heterocycles. The number of halogens is 1. The molecule has 3 heterocycles. The molecule has 1 fully saturated rings. The number of ether oxygens (including phenoxy) is 1. The van der Waals surface area contributed by atoms with Crippen LogP contribution in [0.4, 0.5) is 5.82 Å². The third-order valence-corrected chi connectivity index (χ3v) is 5.11. The Morgan fingerprint density at radius 1 is 1.17 bits per heavy atom. The van der Waals surface area contributed by atoms with E-state index in [1.807, 2.05) is 35.0 Å². The lowest BCUT2D eigenvalue weighted by molar-refractivity contribution is -0.150. The summed E-state index contributed by atoms with van der Waals surface area (Å²) in [6.07, 6.45) is 5.37. The summed E-state index contributed by atoms with van der Waals surface area (Å²) in [5.41, 5.74) is 1.76. The quantitative estimate of drug-likeness (QED) is 0.610. The number of carbonyl (C=O) groups is 2. The molecule has 8 nitrogen and oxygen atoms in total. The Bertz CT molecular complexity index is 1050. The number of esters is 1. The molecule has 150 valence electrons. The molecule has 0 bridgehead atoms. The van der Waals surface area contributed by atoms with Crippen molar-refractivity contribution < 1.29 is 14.3 Å². The highest BCUT2D eigenvalue weighted by molar-refractivity contribution is 6.31. The Kier molecular flexibility index (Phi) is 5.35. The number of hydrogen-bond donors (Lipinski definition) is 0. The number of aromatic nitrogens is 3. The number of fused-ring (bicyclic) bond motifs is 1. The Labute approximate surface area is 172 Å². The summed E-state index contributed by atoms with van der Waals surface area (Å²) in [6, 6.07) is 7.67. The maximum Gasteiger partial charge on any atom is 0.303 e. The third kappa shape index (κ3) is 4.17. The van der Waals surface area contributed by atoms with Gasteiger partial charge in [0, 0.05) is 62.0 Å². The van der Waals surface area contributed by atoms with Gasteiger partial charge in [0.2, 0.25) is 0 Å². The van der Waals surface area contributed by atoms with Gasteiger partial charge in [0.05, 0.1) is 17.5 Å². The smallest absolute Gasteiger partial charge is 0.303 e. The van der Waals surface area contributed by atoms with Gasteiger partial charge in [-0.2, -0.15) is 0 Å². The second-order valence-corrected chi connectivity index (χ2v) is 7.22. The first-order chi connectivity index (χ1) is 14.0. The van der Waals surface area contributed by atoms with E-state index in [0.717, 1.165) is 22.4 Å². The van der Waals surface area contributed by atoms with E-state index >= 15 is 0 Å². The van der Waals surface area contributed by atoms with Crippen LogP contribution in [-0.2, 0) is 14.3 Å². The Morgan fingerprint density at radius 3 is 2.66 bits per heavy atom. The van der Waals surface area contributed by atoms with Gasteiger partial charge in [-0.15, -0.1) is 0 Å². The number of benzene rings is 1. The predicted molar refractivity (Wildman–Crippen MR) is 109 cm³/mol. The highest BCUT2D eigenvalue weighted by Crippen LogP contribution is 2.28. The summed E-state index contributed by atoms with van der Waals surface area (Å²) in [4.78, 5) is 35.8. The number of pyridine rings is 1. The molecular formula is C20H20ClN5O3. The van der Waals surface area contributed by atoms with E-state index in [1.165, 1.54) is 6.92 Å². The van der Waals surface area contributed by atoms with Crippen LogP contribution in [0.2, 0.25) is 5.02 Å². The molecule has 1 saturated heterocycles. The molecule has 1 aliphatic heterocycles. The number of anilines is 1. The molecule has 9 heteroatoms. The molecule has 0 N–H and O–H groups in total. The van der Waals surface area contributed by atoms with Gasteiger partial charge in [-0.05, 0) is 18.2 Å². The van der Waals surface area contributed by atoms with E-state index in [9.17, 15) is 9.59 Å². The molecular weight excluding hydrogens is 394 g/mol. The first kappa shape index (κ1) is 19.2. The summed E-state index contributed by atoms with van der Waals surface area (Å²) in [5, 5.41) is 1.60. The number of amides is 1. The molecule has 4 rings (SSSR count). The van der Waals surface area contributed by atoms with Crippen LogP contribution in [0.25, 0.3) is 16.6 Å². The zero-order chi connectivity index (χ0) is 20.4. The van der Waals surface area contributed by atoms with Crippen molar-refractivity contribution in [2.75, 3.05) is 37.7 Å². The molecule has 0 spiro atoms. The van der Waals surface area contributed by atoms with Crippen LogP contribution in [0, 0.1) is 0 Å². The fraction of sp³-hybridized carbons (Fsp3) is 0.300. The SMILES string of the molecule is CC(=O)OCC(=O)N1CCN(c2cc(-n3ccnc3)c3ccc(Cl)cc3n2)CC1.